The number of ether oxygens (including phenoxy) is 1. The maximum absolute atomic E-state index is 13.5. The molecule has 1 aromatic heterocycles. The Morgan fingerprint density at radius 3 is 2.60 bits per heavy atom. The Balaban J connectivity index is 2.71. The van der Waals surface area contributed by atoms with Crippen molar-refractivity contribution in [2.24, 2.45) is 0 Å². The van der Waals surface area contributed by atoms with Gasteiger partial charge in [-0.2, -0.15) is 0 Å². The van der Waals surface area contributed by atoms with Crippen LogP contribution in [0.25, 0.3) is 16.8 Å². The van der Waals surface area contributed by atoms with Crippen LogP contribution in [0.3, 0.4) is 0 Å². The van der Waals surface area contributed by atoms with Crippen molar-refractivity contribution >= 4 is 17.0 Å². The van der Waals surface area contributed by atoms with E-state index in [-0.39, 0.29) is 5.83 Å². The van der Waals surface area contributed by atoms with Gasteiger partial charge < -0.3 is 15.5 Å². The molecule has 6 heteroatoms. The molecule has 0 radical (unpaired) electrons. The van der Waals surface area contributed by atoms with Crippen molar-refractivity contribution < 1.29 is 9.13 Å². The summed E-state index contributed by atoms with van der Waals surface area (Å²) >= 11 is 0. The van der Waals surface area contributed by atoms with Gasteiger partial charge >= 0.3 is 0 Å². The van der Waals surface area contributed by atoms with Crippen LogP contribution in [0.5, 0.6) is 5.75 Å². The third-order valence-corrected chi connectivity index (χ3v) is 4.62. The van der Waals surface area contributed by atoms with E-state index in [1.54, 1.807) is 27.2 Å². The van der Waals surface area contributed by atoms with Crippen molar-refractivity contribution in [1.29, 1.82) is 5.41 Å². The third kappa shape index (κ3) is 5.20. The van der Waals surface area contributed by atoms with Gasteiger partial charge in [0.15, 0.2) is 5.82 Å². The van der Waals surface area contributed by atoms with Gasteiger partial charge in [0.2, 0.25) is 0 Å². The van der Waals surface area contributed by atoms with Crippen molar-refractivity contribution in [2.75, 3.05) is 19.5 Å². The molecule has 0 atom stereocenters. The van der Waals surface area contributed by atoms with Gasteiger partial charge in [-0.25, -0.2) is 14.4 Å². The molecule has 30 heavy (non-hydrogen) atoms. The lowest BCUT2D eigenvalue weighted by Gasteiger charge is -2.17. The second-order valence-electron chi connectivity index (χ2n) is 6.81. The molecule has 1 heterocycles. The monoisotopic (exact) mass is 408 g/mol. The largest absolute Gasteiger partial charge is 0.496 e. The highest BCUT2D eigenvalue weighted by molar-refractivity contribution is 6.04. The summed E-state index contributed by atoms with van der Waals surface area (Å²) in [5.74, 6) is 0.772. The number of allylic oxidation sites excluding steroid dienone is 5. The number of nitrogens with zero attached hydrogens (tertiary/aromatic N) is 2. The molecule has 0 bridgehead atoms. The number of benzene rings is 1. The first-order valence-electron chi connectivity index (χ1n) is 9.87. The number of hydrogen-bond acceptors (Lipinski definition) is 5. The normalized spacial score (nSPS) is 11.6. The molecule has 0 aliphatic rings. The van der Waals surface area contributed by atoms with Gasteiger partial charge in [-0.1, -0.05) is 26.0 Å². The van der Waals surface area contributed by atoms with Crippen molar-refractivity contribution in [3.63, 3.8) is 0 Å². The molecular formula is C24H29FN4O. The van der Waals surface area contributed by atoms with Gasteiger partial charge in [0.1, 0.15) is 17.3 Å². The topological polar surface area (TPSA) is 70.9 Å². The summed E-state index contributed by atoms with van der Waals surface area (Å²) in [5.41, 5.74) is 4.57. The number of anilines is 1. The standard InChI is InChI=1S/C24H29FN4O/c1-7-9-19(26)22-23(27-5)21(17-11-13-20(30-6)16(4)14-17)28-24(29-22)15(3)10-12-18(25)8-2/h8,10-14,26-27H,3,7,9H2,1-2,4-6H3/b12-10-,18-8+,26-19?. The Kier molecular flexibility index (Phi) is 8.04. The SMILES string of the molecule is C=C(/C=C\C(F)=C/C)c1nc(C(=N)CCC)c(NC)c(-c2ccc(OC)c(C)c2)n1. The Morgan fingerprint density at radius 1 is 1.30 bits per heavy atom. The summed E-state index contributed by atoms with van der Waals surface area (Å²) < 4.78 is 18.9. The summed E-state index contributed by atoms with van der Waals surface area (Å²) in [6, 6.07) is 5.79. The van der Waals surface area contributed by atoms with E-state index in [0.29, 0.717) is 40.6 Å². The molecule has 0 amide bonds. The summed E-state index contributed by atoms with van der Waals surface area (Å²) in [5, 5.41) is 11.7. The third-order valence-electron chi connectivity index (χ3n) is 4.62. The maximum atomic E-state index is 13.5. The summed E-state index contributed by atoms with van der Waals surface area (Å²) in [6.07, 6.45) is 5.64. The minimum atomic E-state index is -0.368. The molecule has 0 saturated carbocycles. The van der Waals surface area contributed by atoms with Gasteiger partial charge in [0.25, 0.3) is 0 Å². The first-order valence-corrected chi connectivity index (χ1v) is 9.87. The fourth-order valence-corrected chi connectivity index (χ4v) is 3.01. The molecular weight excluding hydrogens is 379 g/mol. The van der Waals surface area contributed by atoms with Crippen LogP contribution in [-0.4, -0.2) is 29.8 Å². The average molecular weight is 409 g/mol. The number of nitrogens with one attached hydrogen (secondary N) is 2. The molecule has 0 aliphatic heterocycles. The van der Waals surface area contributed by atoms with E-state index < -0.39 is 0 Å². The van der Waals surface area contributed by atoms with E-state index in [1.165, 1.54) is 12.2 Å². The molecule has 2 N–H and O–H groups in total. The highest BCUT2D eigenvalue weighted by Crippen LogP contribution is 2.33. The molecule has 2 aromatic rings. The highest BCUT2D eigenvalue weighted by atomic mass is 19.1. The summed E-state index contributed by atoms with van der Waals surface area (Å²) in [6.45, 7) is 9.60. The van der Waals surface area contributed by atoms with Crippen LogP contribution >= 0.6 is 0 Å². The van der Waals surface area contributed by atoms with Crippen molar-refractivity contribution in [3.05, 3.63) is 65.9 Å². The van der Waals surface area contributed by atoms with Crippen molar-refractivity contribution in [3.8, 4) is 17.0 Å². The lowest BCUT2D eigenvalue weighted by Crippen LogP contribution is -2.12. The minimum absolute atomic E-state index is 0.355. The Hall–Kier alpha value is -3.28. The second-order valence-corrected chi connectivity index (χ2v) is 6.81. The Bertz CT molecular complexity index is 1010. The minimum Gasteiger partial charge on any atom is -0.496 e. The van der Waals surface area contributed by atoms with Crippen LogP contribution in [0.4, 0.5) is 10.1 Å². The van der Waals surface area contributed by atoms with Gasteiger partial charge in [-0.15, -0.1) is 0 Å². The van der Waals surface area contributed by atoms with Crippen LogP contribution < -0.4 is 10.1 Å². The predicted octanol–water partition coefficient (Wildman–Crippen LogP) is 6.11. The van der Waals surface area contributed by atoms with Gasteiger partial charge in [-0.3, -0.25) is 0 Å². The number of halogens is 1. The number of methoxy groups -OCH3 is 1. The van der Waals surface area contributed by atoms with Gasteiger partial charge in [-0.05, 0) is 56.2 Å². The Labute approximate surface area is 177 Å². The predicted molar refractivity (Wildman–Crippen MR) is 123 cm³/mol. The number of hydrogen-bond donors (Lipinski definition) is 2. The quantitative estimate of drug-likeness (QED) is 0.388. The van der Waals surface area contributed by atoms with Crippen LogP contribution in [0.2, 0.25) is 0 Å². The zero-order valence-corrected chi connectivity index (χ0v) is 18.3. The van der Waals surface area contributed by atoms with E-state index in [4.69, 9.17) is 15.1 Å². The summed E-state index contributed by atoms with van der Waals surface area (Å²) in [4.78, 5) is 9.31. The van der Waals surface area contributed by atoms with Crippen LogP contribution in [0, 0.1) is 12.3 Å². The van der Waals surface area contributed by atoms with Crippen LogP contribution in [-0.2, 0) is 0 Å². The molecule has 2 rings (SSSR count). The van der Waals surface area contributed by atoms with Crippen molar-refractivity contribution in [1.82, 2.24) is 9.97 Å². The second kappa shape index (κ2) is 10.5. The van der Waals surface area contributed by atoms with Crippen LogP contribution in [0.1, 0.15) is 43.8 Å². The van der Waals surface area contributed by atoms with Crippen LogP contribution in [0.15, 0.2) is 48.8 Å². The lowest BCUT2D eigenvalue weighted by molar-refractivity contribution is 0.412. The molecule has 0 unspecified atom stereocenters. The van der Waals surface area contributed by atoms with Crippen molar-refractivity contribution in [2.45, 2.75) is 33.6 Å². The summed E-state index contributed by atoms with van der Waals surface area (Å²) in [7, 11) is 3.42. The maximum Gasteiger partial charge on any atom is 0.160 e. The van der Waals surface area contributed by atoms with E-state index in [9.17, 15) is 4.39 Å². The Morgan fingerprint density at radius 2 is 2.03 bits per heavy atom. The smallest absolute Gasteiger partial charge is 0.160 e. The van der Waals surface area contributed by atoms with E-state index >= 15 is 0 Å². The zero-order chi connectivity index (χ0) is 22.3. The zero-order valence-electron chi connectivity index (χ0n) is 18.3. The average Bonchev–Trinajstić information content (AvgIpc) is 2.76. The van der Waals surface area contributed by atoms with E-state index in [2.05, 4.69) is 16.9 Å². The molecule has 1 aromatic carbocycles. The number of rotatable bonds is 9. The number of aromatic nitrogens is 2. The molecule has 0 fully saturated rings. The fourth-order valence-electron chi connectivity index (χ4n) is 3.01. The number of aryl methyl sites for hydroxylation is 1. The molecule has 0 spiro atoms. The first-order chi connectivity index (χ1) is 14.4. The molecule has 0 aliphatic carbocycles. The fraction of sp³-hybridized carbons (Fsp3) is 0.292. The lowest BCUT2D eigenvalue weighted by atomic mass is 10.0. The molecule has 5 nitrogen and oxygen atoms in total. The van der Waals surface area contributed by atoms with E-state index in [1.807, 2.05) is 32.0 Å². The van der Waals surface area contributed by atoms with Gasteiger partial charge in [0, 0.05) is 18.2 Å². The van der Waals surface area contributed by atoms with Gasteiger partial charge in [0.05, 0.1) is 24.2 Å². The molecule has 0 saturated heterocycles. The molecule has 158 valence electrons. The highest BCUT2D eigenvalue weighted by Gasteiger charge is 2.19. The first kappa shape index (κ1) is 23.0. The van der Waals surface area contributed by atoms with E-state index in [0.717, 1.165) is 23.3 Å².